The van der Waals surface area contributed by atoms with Crippen LogP contribution in [0.15, 0.2) is 59.5 Å². The Morgan fingerprint density at radius 1 is 1.05 bits per heavy atom. The zero-order valence-electron chi connectivity index (χ0n) is 11.1. The van der Waals surface area contributed by atoms with Crippen molar-refractivity contribution in [1.29, 1.82) is 0 Å². The molecule has 0 spiro atoms. The van der Waals surface area contributed by atoms with E-state index in [4.69, 9.17) is 5.90 Å². The fourth-order valence-electron chi connectivity index (χ4n) is 1.79. The van der Waals surface area contributed by atoms with Gasteiger partial charge in [0.2, 0.25) is 0 Å². The summed E-state index contributed by atoms with van der Waals surface area (Å²) >= 11 is 0. The molecule has 0 bridgehead atoms. The number of benzene rings is 2. The van der Waals surface area contributed by atoms with E-state index in [9.17, 15) is 8.42 Å². The van der Waals surface area contributed by atoms with Gasteiger partial charge >= 0.3 is 0 Å². The Bertz CT molecular complexity index is 655. The van der Waals surface area contributed by atoms with Crippen LogP contribution in [0.2, 0.25) is 0 Å². The van der Waals surface area contributed by atoms with E-state index >= 15 is 0 Å². The maximum atomic E-state index is 12.5. The van der Waals surface area contributed by atoms with Crippen LogP contribution in [-0.2, 0) is 21.5 Å². The van der Waals surface area contributed by atoms with Crippen molar-refractivity contribution in [3.8, 4) is 0 Å². The summed E-state index contributed by atoms with van der Waals surface area (Å²) in [5.41, 5.74) is 1.43. The zero-order chi connectivity index (χ0) is 14.6. The second-order valence-electron chi connectivity index (χ2n) is 4.26. The van der Waals surface area contributed by atoms with Crippen LogP contribution < -0.4 is 10.2 Å². The van der Waals surface area contributed by atoms with Gasteiger partial charge in [-0.15, -0.1) is 0 Å². The Labute approximate surface area is 118 Å². The van der Waals surface area contributed by atoms with E-state index in [0.717, 1.165) is 5.56 Å². The molecule has 2 aromatic rings. The minimum atomic E-state index is -3.56. The molecule has 0 aliphatic heterocycles. The van der Waals surface area contributed by atoms with E-state index in [2.05, 4.69) is 4.84 Å². The molecule has 0 amide bonds. The molecule has 0 radical (unpaired) electrons. The highest BCUT2D eigenvalue weighted by Gasteiger charge is 2.20. The molecule has 2 rings (SSSR count). The minimum Gasteiger partial charge on any atom is -0.300 e. The fourth-order valence-corrected chi connectivity index (χ4v) is 2.98. The van der Waals surface area contributed by atoms with Crippen LogP contribution in [0.3, 0.4) is 0 Å². The summed E-state index contributed by atoms with van der Waals surface area (Å²) in [5.74, 6) is 4.98. The first kappa shape index (κ1) is 14.5. The average molecular weight is 292 g/mol. The van der Waals surface area contributed by atoms with Crippen molar-refractivity contribution in [2.45, 2.75) is 11.5 Å². The molecule has 2 N–H and O–H groups in total. The van der Waals surface area contributed by atoms with Crippen LogP contribution in [0.5, 0.6) is 0 Å². The predicted molar refractivity (Wildman–Crippen MR) is 77.4 cm³/mol. The molecule has 0 aliphatic rings. The van der Waals surface area contributed by atoms with E-state index in [-0.39, 0.29) is 11.5 Å². The van der Waals surface area contributed by atoms with Crippen LogP contribution in [0, 0.1) is 0 Å². The van der Waals surface area contributed by atoms with Crippen LogP contribution in [-0.4, -0.2) is 15.5 Å². The van der Waals surface area contributed by atoms with Gasteiger partial charge in [0.05, 0.1) is 17.2 Å². The number of nitrogens with zero attached hydrogens (tertiary/aromatic N) is 1. The number of nitrogens with two attached hydrogens (primary N) is 1. The van der Waals surface area contributed by atoms with E-state index < -0.39 is 10.0 Å². The standard InChI is InChI=1S/C14H16N2O3S/c1-16(13-5-3-2-4-6-13)20(17,18)14-9-7-12(8-10-14)11-19-15/h2-10H,11,15H2,1H3. The maximum Gasteiger partial charge on any atom is 0.264 e. The lowest BCUT2D eigenvalue weighted by Crippen LogP contribution is -2.26. The largest absolute Gasteiger partial charge is 0.300 e. The molecular weight excluding hydrogens is 276 g/mol. The molecule has 0 fully saturated rings. The summed E-state index contributed by atoms with van der Waals surface area (Å²) in [4.78, 5) is 4.74. The number of para-hydroxylation sites is 1. The summed E-state index contributed by atoms with van der Waals surface area (Å²) in [6, 6.07) is 15.4. The Morgan fingerprint density at radius 3 is 2.20 bits per heavy atom. The topological polar surface area (TPSA) is 72.6 Å². The first-order valence-corrected chi connectivity index (χ1v) is 7.44. The van der Waals surface area contributed by atoms with Crippen molar-refractivity contribution in [2.24, 2.45) is 5.90 Å². The van der Waals surface area contributed by atoms with Gasteiger partial charge in [-0.2, -0.15) is 0 Å². The SMILES string of the molecule is CN(c1ccccc1)S(=O)(=O)c1ccc(CON)cc1. The van der Waals surface area contributed by atoms with Gasteiger partial charge in [0.15, 0.2) is 0 Å². The first-order valence-electron chi connectivity index (χ1n) is 6.00. The number of rotatable bonds is 5. The van der Waals surface area contributed by atoms with Gasteiger partial charge in [0.1, 0.15) is 0 Å². The molecule has 0 aliphatic carbocycles. The molecule has 0 saturated heterocycles. The maximum absolute atomic E-state index is 12.5. The highest BCUT2D eigenvalue weighted by molar-refractivity contribution is 7.92. The molecule has 5 nitrogen and oxygen atoms in total. The van der Waals surface area contributed by atoms with Gasteiger partial charge in [-0.25, -0.2) is 14.3 Å². The molecule has 106 valence electrons. The zero-order valence-corrected chi connectivity index (χ0v) is 11.9. The highest BCUT2D eigenvalue weighted by Crippen LogP contribution is 2.21. The molecular formula is C14H16N2O3S. The van der Waals surface area contributed by atoms with Crippen molar-refractivity contribution in [3.63, 3.8) is 0 Å². The van der Waals surface area contributed by atoms with Crippen LogP contribution in [0.1, 0.15) is 5.56 Å². The smallest absolute Gasteiger partial charge is 0.264 e. The summed E-state index contributed by atoms with van der Waals surface area (Å²) in [7, 11) is -2.03. The summed E-state index contributed by atoms with van der Waals surface area (Å²) in [5, 5.41) is 0. The molecule has 2 aromatic carbocycles. The van der Waals surface area contributed by atoms with E-state index in [1.807, 2.05) is 6.07 Å². The lowest BCUT2D eigenvalue weighted by atomic mass is 10.2. The number of sulfonamides is 1. The van der Waals surface area contributed by atoms with Gasteiger partial charge < -0.3 is 0 Å². The Kier molecular flexibility index (Phi) is 4.39. The molecule has 6 heteroatoms. The van der Waals surface area contributed by atoms with Gasteiger partial charge in [-0.05, 0) is 29.8 Å². The van der Waals surface area contributed by atoms with Gasteiger partial charge in [0.25, 0.3) is 10.0 Å². The monoisotopic (exact) mass is 292 g/mol. The predicted octanol–water partition coefficient (Wildman–Crippen LogP) is 1.90. The quantitative estimate of drug-likeness (QED) is 0.854. The lowest BCUT2D eigenvalue weighted by molar-refractivity contribution is 0.124. The molecule has 0 saturated carbocycles. The van der Waals surface area contributed by atoms with E-state index in [0.29, 0.717) is 5.69 Å². The third-order valence-corrected chi connectivity index (χ3v) is 4.75. The Hall–Kier alpha value is -1.89. The lowest BCUT2D eigenvalue weighted by Gasteiger charge is -2.19. The second-order valence-corrected chi connectivity index (χ2v) is 6.23. The molecule has 0 unspecified atom stereocenters. The summed E-state index contributed by atoms with van der Waals surface area (Å²) in [6.45, 7) is 0.245. The van der Waals surface area contributed by atoms with Crippen LogP contribution in [0.25, 0.3) is 0 Å². The van der Waals surface area contributed by atoms with Crippen LogP contribution >= 0.6 is 0 Å². The van der Waals surface area contributed by atoms with Crippen molar-refractivity contribution < 1.29 is 13.3 Å². The van der Waals surface area contributed by atoms with Gasteiger partial charge in [-0.1, -0.05) is 30.3 Å². The molecule has 20 heavy (non-hydrogen) atoms. The Balaban J connectivity index is 2.30. The normalized spacial score (nSPS) is 11.3. The Morgan fingerprint density at radius 2 is 1.65 bits per heavy atom. The van der Waals surface area contributed by atoms with Crippen molar-refractivity contribution in [1.82, 2.24) is 0 Å². The third-order valence-electron chi connectivity index (χ3n) is 2.95. The molecule has 0 aromatic heterocycles. The average Bonchev–Trinajstić information content (AvgIpc) is 2.48. The summed E-state index contributed by atoms with van der Waals surface area (Å²) in [6.07, 6.45) is 0. The third kappa shape index (κ3) is 2.98. The van der Waals surface area contributed by atoms with Gasteiger partial charge in [0, 0.05) is 7.05 Å². The van der Waals surface area contributed by atoms with Crippen molar-refractivity contribution in [2.75, 3.05) is 11.4 Å². The number of anilines is 1. The van der Waals surface area contributed by atoms with Crippen molar-refractivity contribution in [3.05, 3.63) is 60.2 Å². The van der Waals surface area contributed by atoms with E-state index in [1.165, 1.54) is 11.4 Å². The van der Waals surface area contributed by atoms with Gasteiger partial charge in [-0.3, -0.25) is 9.14 Å². The molecule has 0 atom stereocenters. The minimum absolute atomic E-state index is 0.227. The molecule has 0 heterocycles. The van der Waals surface area contributed by atoms with Crippen molar-refractivity contribution >= 4 is 15.7 Å². The second kappa shape index (κ2) is 6.04. The number of hydrogen-bond donors (Lipinski definition) is 1. The van der Waals surface area contributed by atoms with E-state index in [1.54, 1.807) is 48.5 Å². The summed E-state index contributed by atoms with van der Waals surface area (Å²) < 4.78 is 26.2. The fraction of sp³-hybridized carbons (Fsp3) is 0.143. The first-order chi connectivity index (χ1) is 9.55. The number of hydrogen-bond acceptors (Lipinski definition) is 4. The van der Waals surface area contributed by atoms with Crippen LogP contribution in [0.4, 0.5) is 5.69 Å². The highest BCUT2D eigenvalue weighted by atomic mass is 32.2.